The average Bonchev–Trinajstić information content (AvgIpc) is 3.56. The molecular formula is C40H24ClN3. The molecule has 0 unspecified atom stereocenters. The summed E-state index contributed by atoms with van der Waals surface area (Å²) in [4.78, 5) is 14.2. The van der Waals surface area contributed by atoms with Gasteiger partial charge in [0.05, 0.1) is 5.41 Å². The van der Waals surface area contributed by atoms with Crippen LogP contribution in [0.3, 0.4) is 0 Å². The highest BCUT2D eigenvalue weighted by atomic mass is 35.5. The summed E-state index contributed by atoms with van der Waals surface area (Å²) in [6, 6.07) is 51.6. The van der Waals surface area contributed by atoms with Crippen molar-refractivity contribution >= 4 is 11.6 Å². The van der Waals surface area contributed by atoms with Gasteiger partial charge >= 0.3 is 0 Å². The summed E-state index contributed by atoms with van der Waals surface area (Å²) >= 11 is 6.59. The van der Waals surface area contributed by atoms with Gasteiger partial charge in [-0.1, -0.05) is 133 Å². The fraction of sp³-hybridized carbons (Fsp3) is 0.0250. The van der Waals surface area contributed by atoms with Crippen LogP contribution in [0.25, 0.3) is 56.2 Å². The van der Waals surface area contributed by atoms with Crippen LogP contribution in [0.15, 0.2) is 146 Å². The summed E-state index contributed by atoms with van der Waals surface area (Å²) in [5.41, 5.74) is 13.8. The number of benzene rings is 6. The second-order valence-electron chi connectivity index (χ2n) is 11.3. The molecule has 0 amide bonds. The Balaban J connectivity index is 1.24. The maximum atomic E-state index is 6.59. The van der Waals surface area contributed by atoms with Gasteiger partial charge in [0.25, 0.3) is 0 Å². The standard InChI is InChI=1S/C40H24ClN3/c41-39-43-37(27-14-10-13-26(23-27)25-11-2-1-3-12-25)42-38(44-39)28-21-22-32-31-17-6-9-20-35(31)40(36(32)24-28)33-18-7-4-15-29(33)30-16-5-8-19-34(30)40/h1-24H. The molecule has 206 valence electrons. The topological polar surface area (TPSA) is 38.7 Å². The number of rotatable bonds is 3. The van der Waals surface area contributed by atoms with Crippen LogP contribution < -0.4 is 0 Å². The third-order valence-corrected chi connectivity index (χ3v) is 9.26. The SMILES string of the molecule is Clc1nc(-c2cccc(-c3ccccc3)c2)nc(-c2ccc3c(c2)C2(c4ccccc4-c4ccccc42)c2ccccc2-3)n1. The molecule has 2 aliphatic rings. The summed E-state index contributed by atoms with van der Waals surface area (Å²) in [5, 5.41) is 0.171. The lowest BCUT2D eigenvalue weighted by atomic mass is 9.70. The molecule has 0 bridgehead atoms. The first-order valence-electron chi connectivity index (χ1n) is 14.7. The Labute approximate surface area is 260 Å². The van der Waals surface area contributed by atoms with Crippen LogP contribution in [0.2, 0.25) is 5.28 Å². The lowest BCUT2D eigenvalue weighted by molar-refractivity contribution is 0.794. The first kappa shape index (κ1) is 25.1. The molecule has 0 aliphatic heterocycles. The van der Waals surface area contributed by atoms with E-state index in [1.807, 2.05) is 30.3 Å². The number of halogens is 1. The zero-order chi connectivity index (χ0) is 29.3. The molecule has 7 aromatic rings. The van der Waals surface area contributed by atoms with Gasteiger partial charge < -0.3 is 0 Å². The lowest BCUT2D eigenvalue weighted by Gasteiger charge is -2.30. The molecule has 0 radical (unpaired) electrons. The van der Waals surface area contributed by atoms with Crippen molar-refractivity contribution in [3.05, 3.63) is 173 Å². The van der Waals surface area contributed by atoms with Crippen LogP contribution in [0.4, 0.5) is 0 Å². The van der Waals surface area contributed by atoms with Crippen molar-refractivity contribution in [1.29, 1.82) is 0 Å². The molecule has 0 N–H and O–H groups in total. The van der Waals surface area contributed by atoms with E-state index in [9.17, 15) is 0 Å². The van der Waals surface area contributed by atoms with Gasteiger partial charge in [0.2, 0.25) is 5.28 Å². The molecule has 44 heavy (non-hydrogen) atoms. The van der Waals surface area contributed by atoms with Crippen LogP contribution >= 0.6 is 11.6 Å². The zero-order valence-electron chi connectivity index (χ0n) is 23.6. The first-order valence-corrected chi connectivity index (χ1v) is 15.1. The zero-order valence-corrected chi connectivity index (χ0v) is 24.3. The van der Waals surface area contributed by atoms with Crippen molar-refractivity contribution in [2.24, 2.45) is 0 Å². The molecule has 0 atom stereocenters. The summed E-state index contributed by atoms with van der Waals surface area (Å²) in [6.07, 6.45) is 0. The van der Waals surface area contributed by atoms with Gasteiger partial charge in [-0.05, 0) is 79.4 Å². The van der Waals surface area contributed by atoms with E-state index in [2.05, 4.69) is 125 Å². The Morgan fingerprint density at radius 3 is 1.45 bits per heavy atom. The molecule has 0 saturated carbocycles. The van der Waals surface area contributed by atoms with E-state index in [0.717, 1.165) is 22.3 Å². The first-order chi connectivity index (χ1) is 21.7. The van der Waals surface area contributed by atoms with Gasteiger partial charge in [0.15, 0.2) is 11.6 Å². The Morgan fingerprint density at radius 2 is 0.841 bits per heavy atom. The van der Waals surface area contributed by atoms with Gasteiger partial charge in [0, 0.05) is 11.1 Å². The van der Waals surface area contributed by atoms with Crippen molar-refractivity contribution in [1.82, 2.24) is 15.0 Å². The Kier molecular flexibility index (Phi) is 5.47. The normalized spacial score (nSPS) is 13.3. The van der Waals surface area contributed by atoms with E-state index in [-0.39, 0.29) is 5.28 Å². The molecular weight excluding hydrogens is 558 g/mol. The maximum Gasteiger partial charge on any atom is 0.226 e. The third kappa shape index (κ3) is 3.54. The second-order valence-corrected chi connectivity index (χ2v) is 11.7. The average molecular weight is 582 g/mol. The van der Waals surface area contributed by atoms with Gasteiger partial charge in [-0.15, -0.1) is 0 Å². The van der Waals surface area contributed by atoms with E-state index in [4.69, 9.17) is 16.6 Å². The Bertz CT molecular complexity index is 2190. The number of fused-ring (bicyclic) bond motifs is 10. The molecule has 2 aliphatic carbocycles. The highest BCUT2D eigenvalue weighted by Gasteiger charge is 2.51. The molecule has 6 aromatic carbocycles. The van der Waals surface area contributed by atoms with Crippen molar-refractivity contribution in [2.45, 2.75) is 5.41 Å². The third-order valence-electron chi connectivity index (χ3n) is 9.09. The second kappa shape index (κ2) is 9.57. The fourth-order valence-corrected chi connectivity index (χ4v) is 7.47. The van der Waals surface area contributed by atoms with E-state index >= 15 is 0 Å². The summed E-state index contributed by atoms with van der Waals surface area (Å²) < 4.78 is 0. The number of aromatic nitrogens is 3. The minimum Gasteiger partial charge on any atom is -0.208 e. The van der Waals surface area contributed by atoms with Crippen molar-refractivity contribution in [3.63, 3.8) is 0 Å². The minimum atomic E-state index is -0.432. The van der Waals surface area contributed by atoms with Gasteiger partial charge in [-0.2, -0.15) is 9.97 Å². The quantitative estimate of drug-likeness (QED) is 0.208. The van der Waals surface area contributed by atoms with Crippen LogP contribution in [0.5, 0.6) is 0 Å². The van der Waals surface area contributed by atoms with E-state index < -0.39 is 5.41 Å². The highest BCUT2D eigenvalue weighted by Crippen LogP contribution is 2.62. The smallest absolute Gasteiger partial charge is 0.208 e. The molecule has 1 aromatic heterocycles. The summed E-state index contributed by atoms with van der Waals surface area (Å²) in [6.45, 7) is 0. The molecule has 9 rings (SSSR count). The molecule has 4 heteroatoms. The molecule has 3 nitrogen and oxygen atoms in total. The van der Waals surface area contributed by atoms with Crippen molar-refractivity contribution in [2.75, 3.05) is 0 Å². The largest absolute Gasteiger partial charge is 0.226 e. The Morgan fingerprint density at radius 1 is 0.364 bits per heavy atom. The van der Waals surface area contributed by atoms with Crippen LogP contribution in [0.1, 0.15) is 22.3 Å². The Hall–Kier alpha value is -5.38. The fourth-order valence-electron chi connectivity index (χ4n) is 7.31. The monoisotopic (exact) mass is 581 g/mol. The molecule has 0 saturated heterocycles. The predicted octanol–water partition coefficient (Wildman–Crippen LogP) is 9.87. The molecule has 1 spiro atoms. The summed E-state index contributed by atoms with van der Waals surface area (Å²) in [7, 11) is 0. The van der Waals surface area contributed by atoms with Crippen LogP contribution in [-0.2, 0) is 5.41 Å². The molecule has 1 heterocycles. The van der Waals surface area contributed by atoms with E-state index in [1.54, 1.807) is 0 Å². The minimum absolute atomic E-state index is 0.171. The van der Waals surface area contributed by atoms with Crippen LogP contribution in [-0.4, -0.2) is 15.0 Å². The van der Waals surface area contributed by atoms with Gasteiger partial charge in [0.1, 0.15) is 0 Å². The van der Waals surface area contributed by atoms with Crippen molar-refractivity contribution in [3.8, 4) is 56.2 Å². The van der Waals surface area contributed by atoms with E-state index in [0.29, 0.717) is 11.6 Å². The van der Waals surface area contributed by atoms with Crippen LogP contribution in [0, 0.1) is 0 Å². The van der Waals surface area contributed by atoms with Gasteiger partial charge in [-0.25, -0.2) is 4.98 Å². The number of hydrogen-bond donors (Lipinski definition) is 0. The maximum absolute atomic E-state index is 6.59. The molecule has 0 fully saturated rings. The van der Waals surface area contributed by atoms with E-state index in [1.165, 1.54) is 44.5 Å². The summed E-state index contributed by atoms with van der Waals surface area (Å²) in [5.74, 6) is 1.10. The number of hydrogen-bond acceptors (Lipinski definition) is 3. The highest BCUT2D eigenvalue weighted by molar-refractivity contribution is 6.28. The van der Waals surface area contributed by atoms with Crippen molar-refractivity contribution < 1.29 is 0 Å². The number of nitrogens with zero attached hydrogens (tertiary/aromatic N) is 3. The lowest BCUT2D eigenvalue weighted by Crippen LogP contribution is -2.25. The predicted molar refractivity (Wildman–Crippen MR) is 177 cm³/mol. The van der Waals surface area contributed by atoms with Gasteiger partial charge in [-0.3, -0.25) is 0 Å².